The molecule has 3 unspecified atom stereocenters. The van der Waals surface area contributed by atoms with Crippen molar-refractivity contribution in [1.82, 2.24) is 14.7 Å². The number of Topliss-reactive ketones (excluding diaryl/α,β-unsaturated/α-hetero) is 1. The summed E-state index contributed by atoms with van der Waals surface area (Å²) in [6.45, 7) is 20.5. The molecule has 34 heavy (non-hydrogen) atoms. The van der Waals surface area contributed by atoms with Crippen molar-refractivity contribution in [1.29, 1.82) is 0 Å². The van der Waals surface area contributed by atoms with Crippen molar-refractivity contribution in [2.45, 2.75) is 98.3 Å². The standard InChI is InChI=1S/C15H28N2O2.C11H19NO3/c1-12-11-17(14(18)19-15(2,3)4)10-7-13(12)16-8-5-6-9-16;1-8-7-12(6-5-9(8)13)10(14)15-11(2,3)4/h12-13H,5-11H2,1-4H3;8H,5-7H2,1-4H3. The van der Waals surface area contributed by atoms with Gasteiger partial charge >= 0.3 is 12.2 Å². The normalized spacial score (nSPS) is 26.6. The number of piperidine rings is 2. The van der Waals surface area contributed by atoms with E-state index in [-0.39, 0.29) is 23.9 Å². The molecule has 3 aliphatic heterocycles. The third-order valence-electron chi connectivity index (χ3n) is 6.45. The largest absolute Gasteiger partial charge is 0.444 e. The van der Waals surface area contributed by atoms with Crippen molar-refractivity contribution in [2.24, 2.45) is 11.8 Å². The van der Waals surface area contributed by atoms with E-state index in [1.165, 1.54) is 25.9 Å². The molecule has 3 atom stereocenters. The summed E-state index contributed by atoms with van der Waals surface area (Å²) in [5.41, 5.74) is -0.867. The van der Waals surface area contributed by atoms with Crippen molar-refractivity contribution >= 4 is 18.0 Å². The summed E-state index contributed by atoms with van der Waals surface area (Å²) in [5.74, 6) is 0.709. The van der Waals surface area contributed by atoms with Crippen LogP contribution in [0.2, 0.25) is 0 Å². The van der Waals surface area contributed by atoms with Gasteiger partial charge in [-0.2, -0.15) is 0 Å². The molecular weight excluding hydrogens is 434 g/mol. The molecule has 3 heterocycles. The average Bonchev–Trinajstić information content (AvgIpc) is 3.22. The van der Waals surface area contributed by atoms with Gasteiger partial charge in [-0.3, -0.25) is 9.69 Å². The predicted molar refractivity (Wildman–Crippen MR) is 133 cm³/mol. The zero-order valence-corrected chi connectivity index (χ0v) is 22.7. The molecule has 0 radical (unpaired) electrons. The van der Waals surface area contributed by atoms with Crippen molar-refractivity contribution in [2.75, 3.05) is 39.3 Å². The summed E-state index contributed by atoms with van der Waals surface area (Å²) in [6.07, 6.45) is 3.72. The lowest BCUT2D eigenvalue weighted by atomic mass is 9.93. The zero-order valence-electron chi connectivity index (χ0n) is 22.7. The molecule has 2 amide bonds. The van der Waals surface area contributed by atoms with Crippen LogP contribution in [-0.2, 0) is 14.3 Å². The van der Waals surface area contributed by atoms with Gasteiger partial charge in [-0.25, -0.2) is 9.59 Å². The van der Waals surface area contributed by atoms with E-state index in [9.17, 15) is 14.4 Å². The number of hydrogen-bond donors (Lipinski definition) is 0. The van der Waals surface area contributed by atoms with Crippen LogP contribution in [0.1, 0.15) is 81.1 Å². The predicted octanol–water partition coefficient (Wildman–Crippen LogP) is 4.56. The van der Waals surface area contributed by atoms with Crippen molar-refractivity contribution in [3.8, 4) is 0 Å². The Bertz CT molecular complexity index is 706. The molecule has 0 N–H and O–H groups in total. The summed E-state index contributed by atoms with van der Waals surface area (Å²) < 4.78 is 10.7. The molecular formula is C26H47N3O5. The van der Waals surface area contributed by atoms with E-state index >= 15 is 0 Å². The third-order valence-corrected chi connectivity index (χ3v) is 6.45. The molecule has 3 saturated heterocycles. The number of rotatable bonds is 1. The van der Waals surface area contributed by atoms with Crippen LogP contribution < -0.4 is 0 Å². The number of carbonyl (C=O) groups is 3. The van der Waals surface area contributed by atoms with Gasteiger partial charge in [0.2, 0.25) is 0 Å². The summed E-state index contributed by atoms with van der Waals surface area (Å²) in [5, 5.41) is 0. The molecule has 0 aromatic heterocycles. The summed E-state index contributed by atoms with van der Waals surface area (Å²) in [7, 11) is 0. The van der Waals surface area contributed by atoms with E-state index in [2.05, 4.69) is 11.8 Å². The van der Waals surface area contributed by atoms with Crippen LogP contribution in [0.15, 0.2) is 0 Å². The highest BCUT2D eigenvalue weighted by Gasteiger charge is 2.35. The van der Waals surface area contributed by atoms with Gasteiger partial charge in [-0.1, -0.05) is 13.8 Å². The van der Waals surface area contributed by atoms with Crippen LogP contribution in [0.5, 0.6) is 0 Å². The molecule has 0 saturated carbocycles. The first-order valence-electron chi connectivity index (χ1n) is 12.9. The maximum Gasteiger partial charge on any atom is 0.410 e. The Morgan fingerprint density at radius 1 is 0.794 bits per heavy atom. The monoisotopic (exact) mass is 481 g/mol. The Morgan fingerprint density at radius 2 is 1.29 bits per heavy atom. The average molecular weight is 482 g/mol. The minimum atomic E-state index is -0.470. The first-order valence-corrected chi connectivity index (χ1v) is 12.9. The van der Waals surface area contributed by atoms with Gasteiger partial charge in [0.15, 0.2) is 0 Å². The lowest BCUT2D eigenvalue weighted by Gasteiger charge is -2.41. The van der Waals surface area contributed by atoms with E-state index < -0.39 is 11.2 Å². The lowest BCUT2D eigenvalue weighted by Crippen LogP contribution is -2.51. The fourth-order valence-electron chi connectivity index (χ4n) is 4.75. The van der Waals surface area contributed by atoms with E-state index in [0.29, 0.717) is 31.5 Å². The highest BCUT2D eigenvalue weighted by Crippen LogP contribution is 2.26. The highest BCUT2D eigenvalue weighted by molar-refractivity contribution is 5.83. The quantitative estimate of drug-likeness (QED) is 0.546. The molecule has 3 aliphatic rings. The Hall–Kier alpha value is -1.83. The molecule has 3 fully saturated rings. The van der Waals surface area contributed by atoms with Crippen molar-refractivity contribution in [3.05, 3.63) is 0 Å². The van der Waals surface area contributed by atoms with Gasteiger partial charge in [-0.05, 0) is 79.8 Å². The Labute approximate surface area is 206 Å². The second-order valence-electron chi connectivity index (χ2n) is 12.0. The van der Waals surface area contributed by atoms with Crippen molar-refractivity contribution in [3.63, 3.8) is 0 Å². The highest BCUT2D eigenvalue weighted by atomic mass is 16.6. The number of carbonyl (C=O) groups excluding carboxylic acids is 3. The van der Waals surface area contributed by atoms with E-state index in [0.717, 1.165) is 19.5 Å². The van der Waals surface area contributed by atoms with Crippen LogP contribution in [-0.4, -0.2) is 89.2 Å². The summed E-state index contributed by atoms with van der Waals surface area (Å²) in [6, 6.07) is 0.654. The second-order valence-corrected chi connectivity index (χ2v) is 12.0. The number of amides is 2. The number of hydrogen-bond acceptors (Lipinski definition) is 6. The topological polar surface area (TPSA) is 79.4 Å². The minimum absolute atomic E-state index is 0.0636. The van der Waals surface area contributed by atoms with E-state index in [4.69, 9.17) is 9.47 Å². The fourth-order valence-corrected chi connectivity index (χ4v) is 4.75. The van der Waals surface area contributed by atoms with Gasteiger partial charge in [-0.15, -0.1) is 0 Å². The Balaban J connectivity index is 0.000000248. The smallest absolute Gasteiger partial charge is 0.410 e. The van der Waals surface area contributed by atoms with Crippen molar-refractivity contribution < 1.29 is 23.9 Å². The van der Waals surface area contributed by atoms with E-state index in [1.807, 2.05) is 53.4 Å². The van der Waals surface area contributed by atoms with Crippen LogP contribution in [0, 0.1) is 11.8 Å². The molecule has 0 aromatic rings. The Morgan fingerprint density at radius 3 is 1.74 bits per heavy atom. The van der Waals surface area contributed by atoms with Gasteiger partial charge in [0.1, 0.15) is 17.0 Å². The third kappa shape index (κ3) is 9.08. The maximum absolute atomic E-state index is 12.1. The van der Waals surface area contributed by atoms with Gasteiger partial charge in [0.25, 0.3) is 0 Å². The molecule has 0 bridgehead atoms. The molecule has 0 aromatic carbocycles. The van der Waals surface area contributed by atoms with E-state index in [1.54, 1.807) is 4.90 Å². The first-order chi connectivity index (χ1) is 15.7. The first kappa shape index (κ1) is 28.4. The summed E-state index contributed by atoms with van der Waals surface area (Å²) >= 11 is 0. The molecule has 3 rings (SSSR count). The van der Waals surface area contributed by atoms with Gasteiger partial charge < -0.3 is 19.3 Å². The van der Waals surface area contributed by atoms with Crippen LogP contribution in [0.4, 0.5) is 9.59 Å². The zero-order chi connectivity index (χ0) is 25.7. The lowest BCUT2D eigenvalue weighted by molar-refractivity contribution is -0.125. The molecule has 8 heteroatoms. The van der Waals surface area contributed by atoms with Crippen LogP contribution in [0.3, 0.4) is 0 Å². The molecule has 196 valence electrons. The van der Waals surface area contributed by atoms with Crippen LogP contribution >= 0.6 is 0 Å². The maximum atomic E-state index is 12.1. The summed E-state index contributed by atoms with van der Waals surface area (Å²) in [4.78, 5) is 41.1. The Kier molecular flexibility index (Phi) is 9.80. The minimum Gasteiger partial charge on any atom is -0.444 e. The number of nitrogens with zero attached hydrogens (tertiary/aromatic N) is 3. The molecule has 8 nitrogen and oxygen atoms in total. The molecule has 0 aliphatic carbocycles. The number of likely N-dealkylation sites (tertiary alicyclic amines) is 3. The molecule has 0 spiro atoms. The number of ether oxygens (including phenoxy) is 2. The van der Waals surface area contributed by atoms with Gasteiger partial charge in [0, 0.05) is 44.6 Å². The SMILES string of the molecule is CC1CN(C(=O)OC(C)(C)C)CCC1=O.CC1CN(C(=O)OC(C)(C)C)CCC1N1CCCC1. The second kappa shape index (κ2) is 11.7. The number of ketones is 1. The van der Waals surface area contributed by atoms with Crippen LogP contribution in [0.25, 0.3) is 0 Å². The van der Waals surface area contributed by atoms with Gasteiger partial charge in [0.05, 0.1) is 0 Å². The fraction of sp³-hybridized carbons (Fsp3) is 0.885.